The topological polar surface area (TPSA) is 78.9 Å². The van der Waals surface area contributed by atoms with Crippen molar-refractivity contribution in [2.24, 2.45) is 5.92 Å². The molecule has 0 rings (SSSR count). The largest absolute Gasteiger partial charge is 0.480 e. The molecular formula is C14H28N2O4. The van der Waals surface area contributed by atoms with Crippen LogP contribution in [0.15, 0.2) is 0 Å². The van der Waals surface area contributed by atoms with Gasteiger partial charge in [-0.05, 0) is 32.6 Å². The van der Waals surface area contributed by atoms with Crippen molar-refractivity contribution in [3.8, 4) is 0 Å². The predicted octanol–water partition coefficient (Wildman–Crippen LogP) is 1.94. The summed E-state index contributed by atoms with van der Waals surface area (Å²) in [6.07, 6.45) is 1.92. The van der Waals surface area contributed by atoms with E-state index in [9.17, 15) is 9.59 Å². The van der Waals surface area contributed by atoms with Gasteiger partial charge in [-0.3, -0.25) is 4.79 Å². The molecule has 0 aromatic carbocycles. The fraction of sp³-hybridized carbons (Fsp3) is 0.857. The van der Waals surface area contributed by atoms with Gasteiger partial charge < -0.3 is 20.1 Å². The highest BCUT2D eigenvalue weighted by Crippen LogP contribution is 2.00. The van der Waals surface area contributed by atoms with E-state index in [1.165, 1.54) is 4.90 Å². The summed E-state index contributed by atoms with van der Waals surface area (Å²) in [4.78, 5) is 23.9. The number of carbonyl (C=O) groups excluding carboxylic acids is 1. The van der Waals surface area contributed by atoms with Gasteiger partial charge in [-0.1, -0.05) is 13.8 Å². The van der Waals surface area contributed by atoms with E-state index in [1.807, 2.05) is 27.7 Å². The molecule has 0 unspecified atom stereocenters. The first-order valence-electron chi connectivity index (χ1n) is 7.19. The molecule has 0 fully saturated rings. The zero-order valence-electron chi connectivity index (χ0n) is 13.0. The summed E-state index contributed by atoms with van der Waals surface area (Å²) in [5.41, 5.74) is 0. The van der Waals surface area contributed by atoms with Gasteiger partial charge in [0.05, 0.1) is 6.10 Å². The predicted molar refractivity (Wildman–Crippen MR) is 77.8 cm³/mol. The number of unbranched alkanes of at least 4 members (excludes halogenated alkanes) is 1. The summed E-state index contributed by atoms with van der Waals surface area (Å²) in [7, 11) is 0. The van der Waals surface area contributed by atoms with Gasteiger partial charge in [0.1, 0.15) is 6.54 Å². The Morgan fingerprint density at radius 2 is 1.85 bits per heavy atom. The summed E-state index contributed by atoms with van der Waals surface area (Å²) in [5.74, 6) is -0.759. The molecule has 6 heteroatoms. The smallest absolute Gasteiger partial charge is 0.323 e. The Labute approximate surface area is 121 Å². The minimum atomic E-state index is -0.994. The molecule has 0 aliphatic rings. The van der Waals surface area contributed by atoms with Gasteiger partial charge in [-0.2, -0.15) is 0 Å². The minimum Gasteiger partial charge on any atom is -0.480 e. The van der Waals surface area contributed by atoms with E-state index < -0.39 is 5.97 Å². The summed E-state index contributed by atoms with van der Waals surface area (Å²) in [6.45, 7) is 9.26. The van der Waals surface area contributed by atoms with Gasteiger partial charge in [0.15, 0.2) is 0 Å². The molecule has 2 amide bonds. The number of rotatable bonds is 10. The van der Waals surface area contributed by atoms with Crippen LogP contribution in [0.5, 0.6) is 0 Å². The fourth-order valence-corrected chi connectivity index (χ4v) is 1.68. The summed E-state index contributed by atoms with van der Waals surface area (Å²) < 4.78 is 5.40. The molecule has 0 aromatic heterocycles. The molecule has 0 spiro atoms. The molecule has 6 nitrogen and oxygen atoms in total. The highest BCUT2D eigenvalue weighted by Gasteiger charge is 2.17. The number of carboxylic acid groups (broad SMARTS) is 1. The van der Waals surface area contributed by atoms with E-state index in [-0.39, 0.29) is 24.6 Å². The van der Waals surface area contributed by atoms with E-state index in [1.54, 1.807) is 0 Å². The van der Waals surface area contributed by atoms with E-state index in [0.29, 0.717) is 19.7 Å². The van der Waals surface area contributed by atoms with Crippen molar-refractivity contribution >= 4 is 12.0 Å². The summed E-state index contributed by atoms with van der Waals surface area (Å²) in [6, 6.07) is -0.314. The molecular weight excluding hydrogens is 260 g/mol. The van der Waals surface area contributed by atoms with Crippen molar-refractivity contribution < 1.29 is 19.4 Å². The van der Waals surface area contributed by atoms with Crippen LogP contribution in [-0.4, -0.2) is 54.4 Å². The third kappa shape index (κ3) is 10.6. The number of urea groups is 1. The van der Waals surface area contributed by atoms with Gasteiger partial charge in [0.25, 0.3) is 0 Å². The molecule has 0 aromatic rings. The Bertz CT molecular complexity index is 293. The highest BCUT2D eigenvalue weighted by molar-refractivity contribution is 5.80. The van der Waals surface area contributed by atoms with E-state index in [0.717, 1.165) is 12.8 Å². The number of carbonyl (C=O) groups is 2. The lowest BCUT2D eigenvalue weighted by atomic mass is 10.2. The Hall–Kier alpha value is -1.30. The first-order chi connectivity index (χ1) is 9.32. The highest BCUT2D eigenvalue weighted by atomic mass is 16.5. The summed E-state index contributed by atoms with van der Waals surface area (Å²) in [5, 5.41) is 11.6. The lowest BCUT2D eigenvalue weighted by molar-refractivity contribution is -0.137. The number of amides is 2. The Balaban J connectivity index is 3.91. The van der Waals surface area contributed by atoms with Crippen LogP contribution in [0.1, 0.15) is 40.5 Å². The number of hydrogen-bond donors (Lipinski definition) is 2. The summed E-state index contributed by atoms with van der Waals surface area (Å²) >= 11 is 0. The first-order valence-corrected chi connectivity index (χ1v) is 7.19. The van der Waals surface area contributed by atoms with Crippen LogP contribution >= 0.6 is 0 Å². The maximum absolute atomic E-state index is 11.9. The lowest BCUT2D eigenvalue weighted by Gasteiger charge is -2.23. The standard InChI is InChI=1S/C14H28N2O4/c1-11(2)9-16(10-13(17)18)14(19)15-7-5-6-8-20-12(3)4/h11-12H,5-10H2,1-4H3,(H,15,19)(H,17,18). The zero-order valence-corrected chi connectivity index (χ0v) is 13.0. The van der Waals surface area contributed by atoms with Crippen LogP contribution in [-0.2, 0) is 9.53 Å². The molecule has 0 saturated heterocycles. The lowest BCUT2D eigenvalue weighted by Crippen LogP contribution is -2.44. The molecule has 0 aliphatic heterocycles. The third-order valence-corrected chi connectivity index (χ3v) is 2.50. The van der Waals surface area contributed by atoms with Crippen molar-refractivity contribution in [2.75, 3.05) is 26.2 Å². The average molecular weight is 288 g/mol. The molecule has 0 atom stereocenters. The molecule has 0 aliphatic carbocycles. The van der Waals surface area contributed by atoms with Crippen molar-refractivity contribution in [1.82, 2.24) is 10.2 Å². The molecule has 0 radical (unpaired) electrons. The van der Waals surface area contributed by atoms with Gasteiger partial charge in [-0.25, -0.2) is 4.79 Å². The first kappa shape index (κ1) is 18.7. The second-order valence-electron chi connectivity index (χ2n) is 5.53. The van der Waals surface area contributed by atoms with Crippen LogP contribution < -0.4 is 5.32 Å². The Kier molecular flexibility index (Phi) is 9.80. The average Bonchev–Trinajstić information content (AvgIpc) is 2.30. The molecule has 118 valence electrons. The molecule has 0 saturated carbocycles. The normalized spacial score (nSPS) is 10.9. The van der Waals surface area contributed by atoms with Gasteiger partial charge in [0, 0.05) is 19.7 Å². The number of aliphatic carboxylic acids is 1. The van der Waals surface area contributed by atoms with Crippen molar-refractivity contribution in [1.29, 1.82) is 0 Å². The maximum atomic E-state index is 11.9. The van der Waals surface area contributed by atoms with E-state index in [4.69, 9.17) is 9.84 Å². The number of nitrogens with zero attached hydrogens (tertiary/aromatic N) is 1. The number of hydrogen-bond acceptors (Lipinski definition) is 3. The van der Waals surface area contributed by atoms with Crippen LogP contribution in [0.4, 0.5) is 4.79 Å². The molecule has 0 heterocycles. The van der Waals surface area contributed by atoms with E-state index in [2.05, 4.69) is 5.32 Å². The zero-order chi connectivity index (χ0) is 15.5. The second kappa shape index (κ2) is 10.5. The third-order valence-electron chi connectivity index (χ3n) is 2.50. The van der Waals surface area contributed by atoms with Gasteiger partial charge in [-0.15, -0.1) is 0 Å². The quantitative estimate of drug-likeness (QED) is 0.602. The van der Waals surface area contributed by atoms with Crippen molar-refractivity contribution in [2.45, 2.75) is 46.6 Å². The molecule has 20 heavy (non-hydrogen) atoms. The monoisotopic (exact) mass is 288 g/mol. The number of ether oxygens (including phenoxy) is 1. The fourth-order valence-electron chi connectivity index (χ4n) is 1.68. The van der Waals surface area contributed by atoms with E-state index >= 15 is 0 Å². The Morgan fingerprint density at radius 3 is 2.35 bits per heavy atom. The maximum Gasteiger partial charge on any atom is 0.323 e. The SMILES string of the molecule is CC(C)CN(CC(=O)O)C(=O)NCCCCOC(C)C. The van der Waals surface area contributed by atoms with Gasteiger partial charge in [0.2, 0.25) is 0 Å². The molecule has 0 bridgehead atoms. The van der Waals surface area contributed by atoms with Crippen LogP contribution in [0.3, 0.4) is 0 Å². The van der Waals surface area contributed by atoms with Crippen LogP contribution in [0.2, 0.25) is 0 Å². The van der Waals surface area contributed by atoms with Crippen molar-refractivity contribution in [3.63, 3.8) is 0 Å². The van der Waals surface area contributed by atoms with Crippen LogP contribution in [0.25, 0.3) is 0 Å². The molecule has 2 N–H and O–H groups in total. The van der Waals surface area contributed by atoms with Crippen molar-refractivity contribution in [3.05, 3.63) is 0 Å². The van der Waals surface area contributed by atoms with Gasteiger partial charge >= 0.3 is 12.0 Å². The van der Waals surface area contributed by atoms with Crippen LogP contribution in [0, 0.1) is 5.92 Å². The second-order valence-corrected chi connectivity index (χ2v) is 5.53. The Morgan fingerprint density at radius 1 is 1.20 bits per heavy atom. The number of carboxylic acids is 1. The number of nitrogens with one attached hydrogen (secondary N) is 1. The minimum absolute atomic E-state index is 0.224.